The molecular weight excluding hydrogens is 315 g/mol. The summed E-state index contributed by atoms with van der Waals surface area (Å²) in [6.07, 6.45) is 6.68. The van der Waals surface area contributed by atoms with Crippen molar-refractivity contribution in [2.45, 2.75) is 33.7 Å². The maximum absolute atomic E-state index is 13.0. The fourth-order valence-corrected chi connectivity index (χ4v) is 3.02. The van der Waals surface area contributed by atoms with Gasteiger partial charge in [0.25, 0.3) is 0 Å². The zero-order chi connectivity index (χ0) is 17.8. The van der Waals surface area contributed by atoms with Crippen LogP contribution in [0.4, 0.5) is 4.39 Å². The Kier molecular flexibility index (Phi) is 5.17. The normalized spacial score (nSPS) is 11.5. The van der Waals surface area contributed by atoms with Gasteiger partial charge >= 0.3 is 0 Å². The number of fused-ring (bicyclic) bond motifs is 1. The number of aryl methyl sites for hydroxylation is 1. The zero-order valence-corrected chi connectivity index (χ0v) is 14.9. The van der Waals surface area contributed by atoms with E-state index in [9.17, 15) is 4.39 Å². The topological polar surface area (TPSA) is 27.1 Å². The lowest BCUT2D eigenvalue weighted by Crippen LogP contribution is -2.05. The summed E-state index contributed by atoms with van der Waals surface area (Å²) in [6, 6.07) is 8.56. The van der Waals surface area contributed by atoms with Crippen LogP contribution in [0.2, 0.25) is 0 Å². The van der Waals surface area contributed by atoms with Gasteiger partial charge < -0.3 is 9.30 Å². The van der Waals surface area contributed by atoms with Gasteiger partial charge in [0.1, 0.15) is 11.3 Å². The number of halogens is 1. The first kappa shape index (κ1) is 17.2. The van der Waals surface area contributed by atoms with Crippen LogP contribution in [0.5, 0.6) is 5.88 Å². The summed E-state index contributed by atoms with van der Waals surface area (Å²) in [7, 11) is 0. The Morgan fingerprint density at radius 1 is 1.16 bits per heavy atom. The predicted octanol–water partition coefficient (Wildman–Crippen LogP) is 4.99. The van der Waals surface area contributed by atoms with E-state index in [1.54, 1.807) is 18.3 Å². The van der Waals surface area contributed by atoms with Gasteiger partial charge in [-0.1, -0.05) is 24.3 Å². The molecule has 0 saturated heterocycles. The molecule has 1 aromatic carbocycles. The average molecular weight is 338 g/mol. The van der Waals surface area contributed by atoms with Gasteiger partial charge in [0.15, 0.2) is 0 Å². The van der Waals surface area contributed by atoms with E-state index in [2.05, 4.69) is 29.5 Å². The molecule has 0 bridgehead atoms. The van der Waals surface area contributed by atoms with Crippen molar-refractivity contribution in [2.75, 3.05) is 6.61 Å². The largest absolute Gasteiger partial charge is 0.476 e. The molecule has 2 aromatic heterocycles. The van der Waals surface area contributed by atoms with Crippen molar-refractivity contribution in [3.63, 3.8) is 0 Å². The first-order valence-electron chi connectivity index (χ1n) is 8.54. The highest BCUT2D eigenvalue weighted by atomic mass is 19.1. The average Bonchev–Trinajstić information content (AvgIpc) is 2.87. The van der Waals surface area contributed by atoms with Gasteiger partial charge in [-0.05, 0) is 50.1 Å². The number of pyridine rings is 1. The lowest BCUT2D eigenvalue weighted by atomic mass is 10.1. The summed E-state index contributed by atoms with van der Waals surface area (Å²) in [5, 5.41) is 1.17. The van der Waals surface area contributed by atoms with Crippen molar-refractivity contribution in [3.05, 3.63) is 71.3 Å². The van der Waals surface area contributed by atoms with Crippen LogP contribution in [0.1, 0.15) is 23.7 Å². The maximum atomic E-state index is 13.0. The standard InChI is InChI=1S/C21H23FN2O/c1-4-5-13-24-16(3)15(2)19-10-12-23-21(20(19)24)25-14-11-17-6-8-18(22)9-7-17/h4-10,12H,11,13-14H2,1-3H3. The fourth-order valence-electron chi connectivity index (χ4n) is 3.02. The minimum atomic E-state index is -0.219. The second kappa shape index (κ2) is 7.51. The Hall–Kier alpha value is -2.62. The number of hydrogen-bond donors (Lipinski definition) is 0. The second-order valence-electron chi connectivity index (χ2n) is 6.13. The van der Waals surface area contributed by atoms with E-state index in [1.807, 2.05) is 19.1 Å². The minimum Gasteiger partial charge on any atom is -0.476 e. The molecule has 0 saturated carbocycles. The molecule has 0 fully saturated rings. The van der Waals surface area contributed by atoms with Crippen molar-refractivity contribution >= 4 is 10.9 Å². The maximum Gasteiger partial charge on any atom is 0.238 e. The number of hydrogen-bond acceptors (Lipinski definition) is 2. The van der Waals surface area contributed by atoms with Gasteiger partial charge in [0.2, 0.25) is 5.88 Å². The van der Waals surface area contributed by atoms with Gasteiger partial charge in [0, 0.05) is 30.2 Å². The van der Waals surface area contributed by atoms with Crippen LogP contribution < -0.4 is 4.74 Å². The van der Waals surface area contributed by atoms with Gasteiger partial charge in [-0.15, -0.1) is 0 Å². The molecule has 0 aliphatic carbocycles. The summed E-state index contributed by atoms with van der Waals surface area (Å²) in [5.74, 6) is 0.434. The first-order chi connectivity index (χ1) is 12.1. The van der Waals surface area contributed by atoms with Gasteiger partial charge in [-0.2, -0.15) is 0 Å². The lowest BCUT2D eigenvalue weighted by molar-refractivity contribution is 0.312. The molecule has 3 aromatic rings. The molecule has 0 atom stereocenters. The van der Waals surface area contributed by atoms with Crippen molar-refractivity contribution in [1.29, 1.82) is 0 Å². The molecule has 0 N–H and O–H groups in total. The number of nitrogens with zero attached hydrogens (tertiary/aromatic N) is 2. The molecule has 4 heteroatoms. The summed E-state index contributed by atoms with van der Waals surface area (Å²) in [4.78, 5) is 4.45. The number of benzene rings is 1. The van der Waals surface area contributed by atoms with E-state index < -0.39 is 0 Å². The van der Waals surface area contributed by atoms with E-state index in [4.69, 9.17) is 4.74 Å². The summed E-state index contributed by atoms with van der Waals surface area (Å²) in [6.45, 7) is 7.58. The highest BCUT2D eigenvalue weighted by Crippen LogP contribution is 2.30. The highest BCUT2D eigenvalue weighted by Gasteiger charge is 2.15. The van der Waals surface area contributed by atoms with Crippen LogP contribution in [0.25, 0.3) is 10.9 Å². The molecular formula is C21H23FN2O. The van der Waals surface area contributed by atoms with Gasteiger partial charge in [-0.3, -0.25) is 0 Å². The van der Waals surface area contributed by atoms with Crippen LogP contribution >= 0.6 is 0 Å². The van der Waals surface area contributed by atoms with Crippen molar-refractivity contribution in [1.82, 2.24) is 9.55 Å². The Bertz CT molecular complexity index is 894. The molecule has 0 aliphatic rings. The van der Waals surface area contributed by atoms with Crippen molar-refractivity contribution in [2.24, 2.45) is 0 Å². The summed E-state index contributed by atoms with van der Waals surface area (Å²) >= 11 is 0. The molecule has 3 rings (SSSR count). The number of allylic oxidation sites excluding steroid dienone is 2. The number of ether oxygens (including phenoxy) is 1. The summed E-state index contributed by atoms with van der Waals surface area (Å²) in [5.41, 5.74) is 4.56. The van der Waals surface area contributed by atoms with Crippen LogP contribution in [0, 0.1) is 19.7 Å². The fraction of sp³-hybridized carbons (Fsp3) is 0.286. The number of rotatable bonds is 6. The molecule has 0 unspecified atom stereocenters. The third-order valence-corrected chi connectivity index (χ3v) is 4.58. The summed E-state index contributed by atoms with van der Waals surface area (Å²) < 4.78 is 21.2. The Morgan fingerprint density at radius 3 is 2.64 bits per heavy atom. The Balaban J connectivity index is 1.85. The third-order valence-electron chi connectivity index (χ3n) is 4.58. The Labute approximate surface area is 147 Å². The monoisotopic (exact) mass is 338 g/mol. The van der Waals surface area contributed by atoms with Gasteiger partial charge in [0.05, 0.1) is 6.61 Å². The van der Waals surface area contributed by atoms with Gasteiger partial charge in [-0.25, -0.2) is 9.37 Å². The molecule has 0 aliphatic heterocycles. The molecule has 25 heavy (non-hydrogen) atoms. The third kappa shape index (κ3) is 3.58. The van der Waals surface area contributed by atoms with E-state index in [0.717, 1.165) is 17.6 Å². The quantitative estimate of drug-likeness (QED) is 0.592. The molecule has 2 heterocycles. The number of aromatic nitrogens is 2. The second-order valence-corrected chi connectivity index (χ2v) is 6.13. The first-order valence-corrected chi connectivity index (χ1v) is 8.54. The molecule has 130 valence electrons. The van der Waals surface area contributed by atoms with Crippen LogP contribution in [-0.4, -0.2) is 16.2 Å². The Morgan fingerprint density at radius 2 is 1.92 bits per heavy atom. The smallest absolute Gasteiger partial charge is 0.238 e. The molecule has 0 amide bonds. The van der Waals surface area contributed by atoms with Crippen molar-refractivity contribution in [3.8, 4) is 5.88 Å². The van der Waals surface area contributed by atoms with E-state index in [-0.39, 0.29) is 5.82 Å². The highest BCUT2D eigenvalue weighted by molar-refractivity contribution is 5.88. The van der Waals surface area contributed by atoms with Crippen LogP contribution in [0.3, 0.4) is 0 Å². The van der Waals surface area contributed by atoms with Crippen LogP contribution in [-0.2, 0) is 13.0 Å². The predicted molar refractivity (Wildman–Crippen MR) is 99.6 cm³/mol. The zero-order valence-electron chi connectivity index (χ0n) is 14.9. The molecule has 3 nitrogen and oxygen atoms in total. The van der Waals surface area contributed by atoms with E-state index in [0.29, 0.717) is 18.9 Å². The lowest BCUT2D eigenvalue weighted by Gasteiger charge is -2.10. The minimum absolute atomic E-state index is 0.219. The molecule has 0 spiro atoms. The van der Waals surface area contributed by atoms with Crippen molar-refractivity contribution < 1.29 is 9.13 Å². The van der Waals surface area contributed by atoms with Crippen LogP contribution in [0.15, 0.2) is 48.7 Å². The van der Waals surface area contributed by atoms with E-state index in [1.165, 1.54) is 28.8 Å². The molecule has 0 radical (unpaired) electrons. The SMILES string of the molecule is CC=CCn1c(C)c(C)c2ccnc(OCCc3ccc(F)cc3)c21. The van der Waals surface area contributed by atoms with E-state index >= 15 is 0 Å².